The zero-order valence-electron chi connectivity index (χ0n) is 12.4. The van der Waals surface area contributed by atoms with E-state index in [1.165, 1.54) is 0 Å². The van der Waals surface area contributed by atoms with Crippen molar-refractivity contribution < 1.29 is 0 Å². The van der Waals surface area contributed by atoms with Gasteiger partial charge in [0.25, 0.3) is 0 Å². The minimum Gasteiger partial charge on any atom is -0.347 e. The van der Waals surface area contributed by atoms with E-state index in [0.717, 1.165) is 13.1 Å². The molecular formula is C11H20N10. The number of nitrogens with two attached hydrogens (primary N) is 1. The Bertz CT molecular complexity index is 576. The zero-order chi connectivity index (χ0) is 15.2. The number of hydrogen-bond acceptors (Lipinski definition) is 9. The van der Waals surface area contributed by atoms with Gasteiger partial charge in [0.05, 0.1) is 6.54 Å². The first-order chi connectivity index (χ1) is 10.2. The molecule has 0 saturated carbocycles. The molecule has 0 saturated heterocycles. The summed E-state index contributed by atoms with van der Waals surface area (Å²) in [5.41, 5.74) is 2.45. The van der Waals surface area contributed by atoms with Crippen LogP contribution in [-0.4, -0.2) is 42.8 Å². The maximum atomic E-state index is 5.40. The molecule has 10 heteroatoms. The lowest BCUT2D eigenvalue weighted by Crippen LogP contribution is -2.26. The predicted octanol–water partition coefficient (Wildman–Crippen LogP) is -0.256. The Hall–Kier alpha value is -2.49. The molecule has 0 amide bonds. The fraction of sp³-hybridized carbons (Fsp3) is 0.545. The molecule has 10 nitrogen and oxygen atoms in total. The maximum absolute atomic E-state index is 5.40. The standard InChI is InChI=1S/C11H20N10/c1-4-21(5-2)11-16-9(15-10(17-11)18-12)13-6-8-14-7-20(3)19-8/h7H,4-6,12H2,1-3H3,(H2,13,15,16,17,18). The third kappa shape index (κ3) is 3.75. The summed E-state index contributed by atoms with van der Waals surface area (Å²) in [7, 11) is 1.81. The second-order valence-corrected chi connectivity index (χ2v) is 4.29. The summed E-state index contributed by atoms with van der Waals surface area (Å²) in [4.78, 5) is 18.9. The van der Waals surface area contributed by atoms with Gasteiger partial charge in [-0.2, -0.15) is 20.1 Å². The molecule has 0 atom stereocenters. The Kier molecular flexibility index (Phi) is 4.82. The monoisotopic (exact) mass is 292 g/mol. The molecule has 0 aliphatic rings. The fourth-order valence-electron chi connectivity index (χ4n) is 1.78. The predicted molar refractivity (Wildman–Crippen MR) is 79.5 cm³/mol. The molecule has 0 spiro atoms. The van der Waals surface area contributed by atoms with Gasteiger partial charge >= 0.3 is 0 Å². The molecule has 0 bridgehead atoms. The van der Waals surface area contributed by atoms with Crippen molar-refractivity contribution in [3.8, 4) is 0 Å². The minimum atomic E-state index is 0.309. The highest BCUT2D eigenvalue weighted by molar-refractivity contribution is 5.43. The van der Waals surface area contributed by atoms with Crippen molar-refractivity contribution in [1.29, 1.82) is 0 Å². The first kappa shape index (κ1) is 14.9. The molecule has 0 aliphatic heterocycles. The van der Waals surface area contributed by atoms with E-state index >= 15 is 0 Å². The third-order valence-electron chi connectivity index (χ3n) is 2.85. The quantitative estimate of drug-likeness (QED) is 0.468. The molecular weight excluding hydrogens is 272 g/mol. The first-order valence-electron chi connectivity index (χ1n) is 6.72. The molecule has 2 rings (SSSR count). The number of aryl methyl sites for hydroxylation is 1. The molecule has 0 radical (unpaired) electrons. The molecule has 4 N–H and O–H groups in total. The van der Waals surface area contributed by atoms with Gasteiger partial charge in [-0.3, -0.25) is 10.1 Å². The van der Waals surface area contributed by atoms with E-state index in [-0.39, 0.29) is 0 Å². The van der Waals surface area contributed by atoms with Crippen molar-refractivity contribution in [2.24, 2.45) is 12.9 Å². The highest BCUT2D eigenvalue weighted by Gasteiger charge is 2.11. The highest BCUT2D eigenvalue weighted by atomic mass is 15.4. The number of aromatic nitrogens is 6. The Labute approximate surface area is 122 Å². The van der Waals surface area contributed by atoms with Crippen LogP contribution in [0.25, 0.3) is 0 Å². The number of hydrogen-bond donors (Lipinski definition) is 3. The summed E-state index contributed by atoms with van der Waals surface area (Å²) in [6.07, 6.45) is 1.64. The van der Waals surface area contributed by atoms with Crippen LogP contribution in [-0.2, 0) is 13.6 Å². The van der Waals surface area contributed by atoms with E-state index in [9.17, 15) is 0 Å². The van der Waals surface area contributed by atoms with Crippen LogP contribution in [0.3, 0.4) is 0 Å². The summed E-state index contributed by atoms with van der Waals surface area (Å²) in [6.45, 7) is 6.09. The smallest absolute Gasteiger partial charge is 0.243 e. The Morgan fingerprint density at radius 3 is 2.48 bits per heavy atom. The van der Waals surface area contributed by atoms with Gasteiger partial charge in [0, 0.05) is 20.1 Å². The van der Waals surface area contributed by atoms with Crippen LogP contribution < -0.4 is 21.5 Å². The Morgan fingerprint density at radius 1 is 1.19 bits per heavy atom. The van der Waals surface area contributed by atoms with Crippen molar-refractivity contribution in [1.82, 2.24) is 29.7 Å². The SMILES string of the molecule is CCN(CC)c1nc(NN)nc(NCc2ncn(C)n2)n1. The number of rotatable bonds is 7. The molecule has 114 valence electrons. The van der Waals surface area contributed by atoms with Crippen LogP contribution in [0.5, 0.6) is 0 Å². The van der Waals surface area contributed by atoms with Crippen LogP contribution >= 0.6 is 0 Å². The second kappa shape index (κ2) is 6.79. The largest absolute Gasteiger partial charge is 0.347 e. The van der Waals surface area contributed by atoms with Gasteiger partial charge in [-0.25, -0.2) is 10.8 Å². The van der Waals surface area contributed by atoms with Gasteiger partial charge in [0.2, 0.25) is 17.8 Å². The number of nitrogen functional groups attached to an aromatic ring is 1. The number of nitrogens with one attached hydrogen (secondary N) is 2. The van der Waals surface area contributed by atoms with Crippen molar-refractivity contribution >= 4 is 17.8 Å². The van der Waals surface area contributed by atoms with E-state index in [1.54, 1.807) is 11.0 Å². The van der Waals surface area contributed by atoms with Crippen molar-refractivity contribution in [3.05, 3.63) is 12.2 Å². The average molecular weight is 292 g/mol. The Balaban J connectivity index is 2.16. The van der Waals surface area contributed by atoms with Crippen molar-refractivity contribution in [3.63, 3.8) is 0 Å². The maximum Gasteiger partial charge on any atom is 0.243 e. The van der Waals surface area contributed by atoms with E-state index in [4.69, 9.17) is 5.84 Å². The van der Waals surface area contributed by atoms with Crippen molar-refractivity contribution in [2.75, 3.05) is 28.7 Å². The lowest BCUT2D eigenvalue weighted by Gasteiger charge is -2.19. The normalized spacial score (nSPS) is 10.5. The van der Waals surface area contributed by atoms with Gasteiger partial charge < -0.3 is 10.2 Å². The number of anilines is 3. The average Bonchev–Trinajstić information content (AvgIpc) is 2.92. The van der Waals surface area contributed by atoms with E-state index in [1.807, 2.05) is 25.8 Å². The molecule has 0 aromatic carbocycles. The van der Waals surface area contributed by atoms with Crippen LogP contribution in [0.4, 0.5) is 17.8 Å². The van der Waals surface area contributed by atoms with Gasteiger partial charge in [-0.15, -0.1) is 0 Å². The molecule has 0 aliphatic carbocycles. The summed E-state index contributed by atoms with van der Waals surface area (Å²) >= 11 is 0. The summed E-state index contributed by atoms with van der Waals surface area (Å²) in [5, 5.41) is 7.25. The number of nitrogens with zero attached hydrogens (tertiary/aromatic N) is 7. The topological polar surface area (TPSA) is 123 Å². The van der Waals surface area contributed by atoms with Crippen LogP contribution in [0.2, 0.25) is 0 Å². The molecule has 0 fully saturated rings. The first-order valence-corrected chi connectivity index (χ1v) is 6.72. The molecule has 2 aromatic heterocycles. The second-order valence-electron chi connectivity index (χ2n) is 4.29. The van der Waals surface area contributed by atoms with Crippen LogP contribution in [0, 0.1) is 0 Å². The lowest BCUT2D eigenvalue weighted by atomic mass is 10.5. The Morgan fingerprint density at radius 2 is 1.90 bits per heavy atom. The van der Waals surface area contributed by atoms with Gasteiger partial charge in [-0.05, 0) is 13.8 Å². The van der Waals surface area contributed by atoms with Gasteiger partial charge in [-0.1, -0.05) is 0 Å². The summed E-state index contributed by atoms with van der Waals surface area (Å²) < 4.78 is 1.64. The van der Waals surface area contributed by atoms with E-state index < -0.39 is 0 Å². The molecule has 2 heterocycles. The van der Waals surface area contributed by atoms with Gasteiger partial charge in [0.1, 0.15) is 6.33 Å². The lowest BCUT2D eigenvalue weighted by molar-refractivity contribution is 0.745. The zero-order valence-corrected chi connectivity index (χ0v) is 12.4. The summed E-state index contributed by atoms with van der Waals surface area (Å²) in [5.74, 6) is 7.36. The van der Waals surface area contributed by atoms with E-state index in [0.29, 0.717) is 30.2 Å². The minimum absolute atomic E-state index is 0.309. The summed E-state index contributed by atoms with van der Waals surface area (Å²) in [6, 6.07) is 0. The third-order valence-corrected chi connectivity index (χ3v) is 2.85. The van der Waals surface area contributed by atoms with Crippen LogP contribution in [0.15, 0.2) is 6.33 Å². The number of hydrazine groups is 1. The van der Waals surface area contributed by atoms with E-state index in [2.05, 4.69) is 35.8 Å². The molecule has 2 aromatic rings. The highest BCUT2D eigenvalue weighted by Crippen LogP contribution is 2.13. The molecule has 21 heavy (non-hydrogen) atoms. The van der Waals surface area contributed by atoms with Gasteiger partial charge in [0.15, 0.2) is 5.82 Å². The molecule has 0 unspecified atom stereocenters. The fourth-order valence-corrected chi connectivity index (χ4v) is 1.78. The van der Waals surface area contributed by atoms with Crippen molar-refractivity contribution in [2.45, 2.75) is 20.4 Å². The van der Waals surface area contributed by atoms with Crippen LogP contribution in [0.1, 0.15) is 19.7 Å².